The molecule has 1 saturated carbocycles. The second kappa shape index (κ2) is 7.36. The monoisotopic (exact) mass is 310 g/mol. The van der Waals surface area contributed by atoms with Crippen molar-refractivity contribution in [3.8, 4) is 5.75 Å². The van der Waals surface area contributed by atoms with E-state index in [1.165, 1.54) is 18.6 Å². The Morgan fingerprint density at radius 2 is 2.10 bits per heavy atom. The maximum absolute atomic E-state index is 13.7. The third-order valence-corrected chi connectivity index (χ3v) is 3.78. The van der Waals surface area contributed by atoms with Gasteiger partial charge in [0, 0.05) is 11.6 Å². The van der Waals surface area contributed by atoms with Crippen molar-refractivity contribution in [1.29, 1.82) is 0 Å². The molecule has 0 unspecified atom stereocenters. The minimum atomic E-state index is -0.578. The fourth-order valence-corrected chi connectivity index (χ4v) is 2.56. The van der Waals surface area contributed by atoms with Gasteiger partial charge in [-0.25, -0.2) is 4.39 Å². The molecule has 0 aliphatic heterocycles. The van der Waals surface area contributed by atoms with Crippen molar-refractivity contribution in [3.05, 3.63) is 29.6 Å². The van der Waals surface area contributed by atoms with Gasteiger partial charge in [-0.05, 0) is 31.0 Å². The molecule has 0 aromatic heterocycles. The van der Waals surface area contributed by atoms with Crippen LogP contribution >= 0.6 is 12.2 Å². The molecule has 4 nitrogen and oxygen atoms in total. The fraction of sp³-hybridized carbons (Fsp3) is 0.467. The van der Waals surface area contributed by atoms with Crippen molar-refractivity contribution in [3.63, 3.8) is 0 Å². The number of hydrogen-bond acceptors (Lipinski definition) is 3. The van der Waals surface area contributed by atoms with Gasteiger partial charge in [0.1, 0.15) is 4.99 Å². The normalized spacial score (nSPS) is 15.5. The van der Waals surface area contributed by atoms with E-state index in [4.69, 9.17) is 22.7 Å². The molecule has 6 heteroatoms. The van der Waals surface area contributed by atoms with Crippen LogP contribution in [0.25, 0.3) is 0 Å². The summed E-state index contributed by atoms with van der Waals surface area (Å²) in [6.45, 7) is -0.195. The van der Waals surface area contributed by atoms with Gasteiger partial charge in [-0.15, -0.1) is 0 Å². The van der Waals surface area contributed by atoms with E-state index in [1.54, 1.807) is 6.07 Å². The van der Waals surface area contributed by atoms with Crippen molar-refractivity contribution in [2.75, 3.05) is 6.61 Å². The molecule has 0 atom stereocenters. The molecule has 3 N–H and O–H groups in total. The van der Waals surface area contributed by atoms with Crippen LogP contribution in [0.2, 0.25) is 0 Å². The highest BCUT2D eigenvalue weighted by Gasteiger charge is 2.16. The predicted molar refractivity (Wildman–Crippen MR) is 82.8 cm³/mol. The molecular weight excluding hydrogens is 291 g/mol. The molecule has 1 aromatic carbocycles. The summed E-state index contributed by atoms with van der Waals surface area (Å²) in [5, 5.41) is 2.91. The lowest BCUT2D eigenvalue weighted by Gasteiger charge is -2.22. The number of halogens is 1. The molecule has 1 amide bonds. The number of amides is 1. The number of carbonyl (C=O) groups is 1. The highest BCUT2D eigenvalue weighted by molar-refractivity contribution is 7.80. The van der Waals surface area contributed by atoms with E-state index in [9.17, 15) is 9.18 Å². The third-order valence-electron chi connectivity index (χ3n) is 3.55. The summed E-state index contributed by atoms with van der Waals surface area (Å²) in [5.41, 5.74) is 5.85. The maximum atomic E-state index is 13.7. The molecular formula is C15H19FN2O2S. The number of ether oxygens (including phenoxy) is 1. The van der Waals surface area contributed by atoms with Crippen LogP contribution in [-0.4, -0.2) is 23.5 Å². The van der Waals surface area contributed by atoms with Crippen molar-refractivity contribution >= 4 is 23.1 Å². The summed E-state index contributed by atoms with van der Waals surface area (Å²) >= 11 is 4.77. The Kier molecular flexibility index (Phi) is 5.50. The van der Waals surface area contributed by atoms with Crippen molar-refractivity contribution < 1.29 is 13.9 Å². The lowest BCUT2D eigenvalue weighted by atomic mass is 9.95. The molecule has 1 fully saturated rings. The van der Waals surface area contributed by atoms with Gasteiger partial charge in [0.2, 0.25) is 0 Å². The molecule has 0 heterocycles. The first-order chi connectivity index (χ1) is 10.1. The highest BCUT2D eigenvalue weighted by Crippen LogP contribution is 2.19. The zero-order valence-electron chi connectivity index (χ0n) is 11.7. The fourth-order valence-electron chi connectivity index (χ4n) is 2.43. The lowest BCUT2D eigenvalue weighted by molar-refractivity contribution is -0.124. The van der Waals surface area contributed by atoms with Crippen LogP contribution in [0.3, 0.4) is 0 Å². The second-order valence-corrected chi connectivity index (χ2v) is 5.64. The van der Waals surface area contributed by atoms with E-state index in [1.807, 2.05) is 0 Å². The Morgan fingerprint density at radius 1 is 1.38 bits per heavy atom. The van der Waals surface area contributed by atoms with E-state index in [2.05, 4.69) is 5.32 Å². The Bertz CT molecular complexity index is 530. The molecule has 114 valence electrons. The lowest BCUT2D eigenvalue weighted by Crippen LogP contribution is -2.39. The van der Waals surface area contributed by atoms with Crippen LogP contribution in [0.15, 0.2) is 18.2 Å². The molecule has 1 aromatic rings. The first kappa shape index (κ1) is 15.7. The van der Waals surface area contributed by atoms with E-state index >= 15 is 0 Å². The van der Waals surface area contributed by atoms with Crippen molar-refractivity contribution in [1.82, 2.24) is 5.32 Å². The third kappa shape index (κ3) is 4.67. The Labute approximate surface area is 128 Å². The Balaban J connectivity index is 1.84. The molecule has 0 bridgehead atoms. The van der Waals surface area contributed by atoms with Crippen LogP contribution in [0.4, 0.5) is 4.39 Å². The number of carbonyl (C=O) groups excluding carboxylic acids is 1. The summed E-state index contributed by atoms with van der Waals surface area (Å²) in [6.07, 6.45) is 5.51. The number of hydrogen-bond donors (Lipinski definition) is 2. The van der Waals surface area contributed by atoms with E-state index in [0.29, 0.717) is 5.56 Å². The number of thiocarbonyl (C=S) groups is 1. The van der Waals surface area contributed by atoms with Crippen LogP contribution in [0.5, 0.6) is 5.75 Å². The van der Waals surface area contributed by atoms with E-state index in [0.717, 1.165) is 25.7 Å². The first-order valence-corrected chi connectivity index (χ1v) is 7.48. The molecule has 1 aliphatic rings. The van der Waals surface area contributed by atoms with Crippen LogP contribution in [0.1, 0.15) is 37.7 Å². The first-order valence-electron chi connectivity index (χ1n) is 7.08. The van der Waals surface area contributed by atoms with Gasteiger partial charge in [-0.2, -0.15) is 0 Å². The summed E-state index contributed by atoms with van der Waals surface area (Å²) in [7, 11) is 0. The highest BCUT2D eigenvalue weighted by atomic mass is 32.1. The molecule has 0 radical (unpaired) electrons. The number of rotatable bonds is 5. The molecule has 2 rings (SSSR count). The largest absolute Gasteiger partial charge is 0.481 e. The average molecular weight is 310 g/mol. The summed E-state index contributed by atoms with van der Waals surface area (Å²) in [6, 6.07) is 4.42. The van der Waals surface area contributed by atoms with Crippen LogP contribution in [-0.2, 0) is 4.79 Å². The van der Waals surface area contributed by atoms with E-state index in [-0.39, 0.29) is 29.3 Å². The van der Waals surface area contributed by atoms with Gasteiger partial charge in [0.05, 0.1) is 0 Å². The number of nitrogens with two attached hydrogens (primary N) is 1. The number of nitrogens with one attached hydrogen (secondary N) is 1. The van der Waals surface area contributed by atoms with Gasteiger partial charge in [-0.3, -0.25) is 4.79 Å². The second-order valence-electron chi connectivity index (χ2n) is 5.20. The molecule has 21 heavy (non-hydrogen) atoms. The van der Waals surface area contributed by atoms with Gasteiger partial charge in [-0.1, -0.05) is 31.5 Å². The molecule has 1 aliphatic carbocycles. The molecule has 0 saturated heterocycles. The minimum absolute atomic E-state index is 0.0220. The van der Waals surface area contributed by atoms with Gasteiger partial charge in [0.15, 0.2) is 18.2 Å². The maximum Gasteiger partial charge on any atom is 0.258 e. The number of benzene rings is 1. The van der Waals surface area contributed by atoms with Crippen LogP contribution in [0, 0.1) is 5.82 Å². The van der Waals surface area contributed by atoms with Gasteiger partial charge in [0.25, 0.3) is 5.91 Å². The summed E-state index contributed by atoms with van der Waals surface area (Å²) in [5.74, 6) is -0.778. The predicted octanol–water partition coefficient (Wildman–Crippen LogP) is 2.29. The smallest absolute Gasteiger partial charge is 0.258 e. The SMILES string of the molecule is NC(=S)c1ccc(OCC(=O)NC2CCCCC2)c(F)c1. The summed E-state index contributed by atoms with van der Waals surface area (Å²) in [4.78, 5) is 11.9. The quantitative estimate of drug-likeness (QED) is 0.819. The van der Waals surface area contributed by atoms with Crippen LogP contribution < -0.4 is 15.8 Å². The Hall–Kier alpha value is -1.69. The van der Waals surface area contributed by atoms with Gasteiger partial charge >= 0.3 is 0 Å². The summed E-state index contributed by atoms with van der Waals surface area (Å²) < 4.78 is 19.0. The minimum Gasteiger partial charge on any atom is -0.481 e. The Morgan fingerprint density at radius 3 is 2.71 bits per heavy atom. The zero-order valence-corrected chi connectivity index (χ0v) is 12.5. The van der Waals surface area contributed by atoms with Crippen molar-refractivity contribution in [2.45, 2.75) is 38.1 Å². The van der Waals surface area contributed by atoms with Gasteiger partial charge < -0.3 is 15.8 Å². The average Bonchev–Trinajstić information content (AvgIpc) is 2.47. The standard InChI is InChI=1S/C15H19FN2O2S/c16-12-8-10(15(17)21)6-7-13(12)20-9-14(19)18-11-4-2-1-3-5-11/h6-8,11H,1-5,9H2,(H2,17,21)(H,18,19). The molecule has 0 spiro atoms. The van der Waals surface area contributed by atoms with E-state index < -0.39 is 5.82 Å². The topological polar surface area (TPSA) is 64.3 Å². The zero-order chi connectivity index (χ0) is 15.2. The van der Waals surface area contributed by atoms with Crippen molar-refractivity contribution in [2.24, 2.45) is 5.73 Å².